The number of rotatable bonds is 3. The highest BCUT2D eigenvalue weighted by Crippen LogP contribution is 2.21. The summed E-state index contributed by atoms with van der Waals surface area (Å²) < 4.78 is 2.53. The summed E-state index contributed by atoms with van der Waals surface area (Å²) in [6, 6.07) is 7.47. The van der Waals surface area contributed by atoms with Crippen LogP contribution in [-0.2, 0) is 6.54 Å². The molecule has 0 unspecified atom stereocenters. The van der Waals surface area contributed by atoms with Crippen molar-refractivity contribution in [1.82, 2.24) is 9.78 Å². The Bertz CT molecular complexity index is 560. The predicted molar refractivity (Wildman–Crippen MR) is 70.2 cm³/mol. The van der Waals surface area contributed by atoms with Crippen molar-refractivity contribution in [2.75, 3.05) is 0 Å². The Kier molecular flexibility index (Phi) is 3.43. The number of ketones is 1. The highest BCUT2D eigenvalue weighted by Gasteiger charge is 2.16. The highest BCUT2D eigenvalue weighted by molar-refractivity contribution is 9.10. The lowest BCUT2D eigenvalue weighted by Crippen LogP contribution is -2.11. The lowest BCUT2D eigenvalue weighted by molar-refractivity contribution is 0.102. The largest absolute Gasteiger partial charge is 0.287 e. The second-order valence-electron chi connectivity index (χ2n) is 3.84. The number of carbonyl (C=O) groups is 1. The maximum absolute atomic E-state index is 12.3. The second kappa shape index (κ2) is 4.84. The molecule has 4 heteroatoms. The molecule has 0 bridgehead atoms. The maximum atomic E-state index is 12.3. The molecule has 0 amide bonds. The van der Waals surface area contributed by atoms with Crippen LogP contribution in [0.3, 0.4) is 0 Å². The fraction of sp³-hybridized carbons (Fsp3) is 0.231. The van der Waals surface area contributed by atoms with Crippen LogP contribution in [0.25, 0.3) is 0 Å². The third-order valence-corrected chi connectivity index (χ3v) is 3.27. The van der Waals surface area contributed by atoms with Crippen molar-refractivity contribution < 1.29 is 4.79 Å². The first-order chi connectivity index (χ1) is 8.13. The van der Waals surface area contributed by atoms with Gasteiger partial charge in [0.25, 0.3) is 0 Å². The van der Waals surface area contributed by atoms with E-state index in [-0.39, 0.29) is 5.78 Å². The van der Waals surface area contributed by atoms with Gasteiger partial charge in [-0.1, -0.05) is 22.0 Å². The van der Waals surface area contributed by atoms with Crippen molar-refractivity contribution in [2.45, 2.75) is 20.4 Å². The quantitative estimate of drug-likeness (QED) is 0.814. The summed E-state index contributed by atoms with van der Waals surface area (Å²) in [6.07, 6.45) is 1.65. The summed E-state index contributed by atoms with van der Waals surface area (Å²) in [6.45, 7) is 4.65. The molecule has 0 fully saturated rings. The molecule has 1 aromatic heterocycles. The van der Waals surface area contributed by atoms with Crippen LogP contribution in [0.5, 0.6) is 0 Å². The zero-order valence-corrected chi connectivity index (χ0v) is 11.4. The molecule has 0 spiro atoms. The molecule has 0 aliphatic rings. The molecular weight excluding hydrogens is 280 g/mol. The molecule has 88 valence electrons. The average molecular weight is 293 g/mol. The number of aryl methyl sites for hydroxylation is 2. The Morgan fingerprint density at radius 1 is 1.41 bits per heavy atom. The Balaban J connectivity index is 2.44. The van der Waals surface area contributed by atoms with Crippen molar-refractivity contribution in [3.63, 3.8) is 0 Å². The lowest BCUT2D eigenvalue weighted by Gasteiger charge is -2.06. The van der Waals surface area contributed by atoms with E-state index in [0.717, 1.165) is 10.0 Å². The normalized spacial score (nSPS) is 10.5. The van der Waals surface area contributed by atoms with Crippen LogP contribution < -0.4 is 0 Å². The fourth-order valence-corrected chi connectivity index (χ4v) is 2.39. The van der Waals surface area contributed by atoms with Crippen molar-refractivity contribution >= 4 is 21.7 Å². The first kappa shape index (κ1) is 12.0. The van der Waals surface area contributed by atoms with Crippen LogP contribution in [0.1, 0.15) is 28.5 Å². The maximum Gasteiger partial charge on any atom is 0.212 e. The number of carbonyl (C=O) groups excluding carboxylic acids is 1. The minimum Gasteiger partial charge on any atom is -0.287 e. The van der Waals surface area contributed by atoms with Crippen LogP contribution in [-0.4, -0.2) is 15.6 Å². The number of halogens is 1. The van der Waals surface area contributed by atoms with E-state index in [0.29, 0.717) is 17.8 Å². The molecule has 3 nitrogen and oxygen atoms in total. The van der Waals surface area contributed by atoms with Crippen LogP contribution in [0, 0.1) is 6.92 Å². The van der Waals surface area contributed by atoms with Crippen LogP contribution in [0.15, 0.2) is 34.9 Å². The third kappa shape index (κ3) is 2.31. The minimum atomic E-state index is -0.00350. The monoisotopic (exact) mass is 292 g/mol. The Labute approximate surface area is 109 Å². The SMILES string of the molecule is CCn1nccc1C(=O)c1ccc(C)cc1Br. The van der Waals surface area contributed by atoms with Gasteiger partial charge in [0.2, 0.25) is 5.78 Å². The molecule has 2 rings (SSSR count). The van der Waals surface area contributed by atoms with E-state index in [1.165, 1.54) is 0 Å². The summed E-state index contributed by atoms with van der Waals surface area (Å²) in [5.74, 6) is -0.00350. The molecule has 0 atom stereocenters. The van der Waals surface area contributed by atoms with E-state index in [1.807, 2.05) is 32.0 Å². The first-order valence-electron chi connectivity index (χ1n) is 5.46. The smallest absolute Gasteiger partial charge is 0.212 e. The molecular formula is C13H13BrN2O. The molecule has 0 saturated carbocycles. The van der Waals surface area contributed by atoms with Gasteiger partial charge in [0.05, 0.1) is 0 Å². The van der Waals surface area contributed by atoms with Gasteiger partial charge in [0, 0.05) is 22.8 Å². The molecule has 0 aliphatic heterocycles. The zero-order valence-electron chi connectivity index (χ0n) is 9.77. The third-order valence-electron chi connectivity index (χ3n) is 2.62. The fourth-order valence-electron chi connectivity index (χ4n) is 1.72. The summed E-state index contributed by atoms with van der Waals surface area (Å²) in [4.78, 5) is 12.3. The van der Waals surface area contributed by atoms with Gasteiger partial charge in [-0.3, -0.25) is 9.48 Å². The first-order valence-corrected chi connectivity index (χ1v) is 6.25. The van der Waals surface area contributed by atoms with Crippen molar-refractivity contribution in [3.8, 4) is 0 Å². The molecule has 1 heterocycles. The van der Waals surface area contributed by atoms with Crippen LogP contribution in [0.4, 0.5) is 0 Å². The molecule has 2 aromatic rings. The number of benzene rings is 1. The Morgan fingerprint density at radius 3 is 2.82 bits per heavy atom. The molecule has 1 aromatic carbocycles. The van der Waals surface area contributed by atoms with E-state index >= 15 is 0 Å². The molecule has 0 saturated heterocycles. The second-order valence-corrected chi connectivity index (χ2v) is 4.70. The molecule has 17 heavy (non-hydrogen) atoms. The highest BCUT2D eigenvalue weighted by atomic mass is 79.9. The van der Waals surface area contributed by atoms with E-state index < -0.39 is 0 Å². The van der Waals surface area contributed by atoms with Crippen LogP contribution in [0.2, 0.25) is 0 Å². The number of aromatic nitrogens is 2. The average Bonchev–Trinajstić information content (AvgIpc) is 2.76. The van der Waals surface area contributed by atoms with E-state index in [2.05, 4.69) is 21.0 Å². The zero-order chi connectivity index (χ0) is 12.4. The van der Waals surface area contributed by atoms with Gasteiger partial charge in [-0.05, 0) is 37.6 Å². The Morgan fingerprint density at radius 2 is 2.18 bits per heavy atom. The van der Waals surface area contributed by atoms with Gasteiger partial charge in [0.1, 0.15) is 5.69 Å². The van der Waals surface area contributed by atoms with Crippen molar-refractivity contribution in [3.05, 3.63) is 51.8 Å². The summed E-state index contributed by atoms with van der Waals surface area (Å²) >= 11 is 3.43. The van der Waals surface area contributed by atoms with Gasteiger partial charge in [0.15, 0.2) is 0 Å². The number of hydrogen-bond acceptors (Lipinski definition) is 2. The van der Waals surface area contributed by atoms with E-state index in [4.69, 9.17) is 0 Å². The Hall–Kier alpha value is -1.42. The van der Waals surface area contributed by atoms with E-state index in [1.54, 1.807) is 16.9 Å². The summed E-state index contributed by atoms with van der Waals surface area (Å²) in [5.41, 5.74) is 2.42. The molecule has 0 N–H and O–H groups in total. The number of hydrogen-bond donors (Lipinski definition) is 0. The van der Waals surface area contributed by atoms with Crippen molar-refractivity contribution in [1.29, 1.82) is 0 Å². The molecule has 0 aliphatic carbocycles. The number of nitrogens with zero attached hydrogens (tertiary/aromatic N) is 2. The van der Waals surface area contributed by atoms with E-state index in [9.17, 15) is 4.79 Å². The van der Waals surface area contributed by atoms with Gasteiger partial charge in [-0.15, -0.1) is 0 Å². The summed E-state index contributed by atoms with van der Waals surface area (Å²) in [7, 11) is 0. The van der Waals surface area contributed by atoms with Crippen LogP contribution >= 0.6 is 15.9 Å². The lowest BCUT2D eigenvalue weighted by atomic mass is 10.1. The summed E-state index contributed by atoms with van der Waals surface area (Å²) in [5, 5.41) is 4.11. The standard InChI is InChI=1S/C13H13BrN2O/c1-3-16-12(6-7-15-16)13(17)10-5-4-9(2)8-11(10)14/h4-8H,3H2,1-2H3. The topological polar surface area (TPSA) is 34.9 Å². The van der Waals surface area contributed by atoms with Gasteiger partial charge >= 0.3 is 0 Å². The van der Waals surface area contributed by atoms with Gasteiger partial charge in [-0.25, -0.2) is 0 Å². The molecule has 0 radical (unpaired) electrons. The predicted octanol–water partition coefficient (Wildman–Crippen LogP) is 3.20. The minimum absolute atomic E-state index is 0.00350. The van der Waals surface area contributed by atoms with Crippen molar-refractivity contribution in [2.24, 2.45) is 0 Å². The van der Waals surface area contributed by atoms with Gasteiger partial charge in [-0.2, -0.15) is 5.10 Å². The van der Waals surface area contributed by atoms with Gasteiger partial charge < -0.3 is 0 Å².